The first-order valence-corrected chi connectivity index (χ1v) is 7.48. The molecule has 0 aromatic carbocycles. The molecule has 2 atom stereocenters. The van der Waals surface area contributed by atoms with Gasteiger partial charge in [0.05, 0.1) is 11.2 Å². The lowest BCUT2D eigenvalue weighted by Crippen LogP contribution is -2.32. The van der Waals surface area contributed by atoms with Gasteiger partial charge in [-0.1, -0.05) is 0 Å². The second-order valence-electron chi connectivity index (χ2n) is 5.29. The number of nitrogens with one attached hydrogen (secondary N) is 1. The van der Waals surface area contributed by atoms with Crippen molar-refractivity contribution in [3.8, 4) is 0 Å². The Morgan fingerprint density at radius 1 is 1.37 bits per heavy atom. The van der Waals surface area contributed by atoms with Gasteiger partial charge in [0.2, 0.25) is 0 Å². The summed E-state index contributed by atoms with van der Waals surface area (Å²) in [4.78, 5) is 19.3. The second-order valence-corrected chi connectivity index (χ2v) is 6.53. The van der Waals surface area contributed by atoms with Crippen molar-refractivity contribution in [2.75, 3.05) is 26.2 Å². The number of likely N-dealkylation sites (tertiary alicyclic amines) is 1. The molecule has 2 saturated heterocycles. The molecule has 6 heteroatoms. The molecule has 19 heavy (non-hydrogen) atoms. The molecule has 0 saturated carbocycles. The number of amides is 1. The van der Waals surface area contributed by atoms with Crippen LogP contribution < -0.4 is 5.32 Å². The zero-order valence-electron chi connectivity index (χ0n) is 11.1. The summed E-state index contributed by atoms with van der Waals surface area (Å²) in [7, 11) is 0. The van der Waals surface area contributed by atoms with E-state index in [2.05, 4.69) is 10.3 Å². The molecule has 2 aliphatic rings. The fraction of sp³-hybridized carbons (Fsp3) is 0.692. The van der Waals surface area contributed by atoms with E-state index in [0.717, 1.165) is 60.7 Å². The molecule has 2 fully saturated rings. The van der Waals surface area contributed by atoms with E-state index in [1.807, 2.05) is 11.8 Å². The van der Waals surface area contributed by atoms with Gasteiger partial charge in [0.15, 0.2) is 0 Å². The van der Waals surface area contributed by atoms with Crippen molar-refractivity contribution in [1.29, 1.82) is 0 Å². The van der Waals surface area contributed by atoms with Crippen LogP contribution in [0, 0.1) is 18.8 Å². The molecule has 1 amide bonds. The number of nitrogens with zero attached hydrogens (tertiary/aromatic N) is 2. The topological polar surface area (TPSA) is 45.2 Å². The van der Waals surface area contributed by atoms with E-state index in [-0.39, 0.29) is 18.3 Å². The van der Waals surface area contributed by atoms with Gasteiger partial charge in [-0.2, -0.15) is 0 Å². The number of fused-ring (bicyclic) bond motifs is 1. The van der Waals surface area contributed by atoms with Gasteiger partial charge in [0.25, 0.3) is 5.91 Å². The van der Waals surface area contributed by atoms with Gasteiger partial charge in [-0.3, -0.25) is 4.79 Å². The smallest absolute Gasteiger partial charge is 0.265 e. The maximum Gasteiger partial charge on any atom is 0.265 e. The largest absolute Gasteiger partial charge is 0.338 e. The van der Waals surface area contributed by atoms with E-state index >= 15 is 0 Å². The highest BCUT2D eigenvalue weighted by atomic mass is 35.5. The van der Waals surface area contributed by atoms with E-state index in [1.165, 1.54) is 11.3 Å². The van der Waals surface area contributed by atoms with Gasteiger partial charge in [-0.25, -0.2) is 4.98 Å². The minimum atomic E-state index is 0. The molecular formula is C13H20ClN3OS. The highest BCUT2D eigenvalue weighted by molar-refractivity contribution is 7.13. The summed E-state index contributed by atoms with van der Waals surface area (Å²) in [5.74, 6) is 1.71. The van der Waals surface area contributed by atoms with Gasteiger partial charge in [-0.05, 0) is 44.7 Å². The summed E-state index contributed by atoms with van der Waals surface area (Å²) < 4.78 is 0. The summed E-state index contributed by atoms with van der Waals surface area (Å²) in [6, 6.07) is 0. The quantitative estimate of drug-likeness (QED) is 0.862. The normalized spacial score (nSPS) is 26.5. The summed E-state index contributed by atoms with van der Waals surface area (Å²) in [6.07, 6.45) is 4.00. The third-order valence-electron chi connectivity index (χ3n) is 4.14. The number of carbonyl (C=O) groups is 1. The molecule has 1 N–H and O–H groups in total. The number of rotatable bonds is 1. The fourth-order valence-electron chi connectivity index (χ4n) is 3.04. The van der Waals surface area contributed by atoms with Crippen LogP contribution in [0.3, 0.4) is 0 Å². The van der Waals surface area contributed by atoms with E-state index in [0.29, 0.717) is 0 Å². The van der Waals surface area contributed by atoms with Gasteiger partial charge < -0.3 is 10.2 Å². The number of aryl methyl sites for hydroxylation is 1. The average Bonchev–Trinajstić information content (AvgIpc) is 2.94. The Labute approximate surface area is 124 Å². The van der Waals surface area contributed by atoms with E-state index < -0.39 is 0 Å². The molecular weight excluding hydrogens is 282 g/mol. The molecule has 106 valence electrons. The Kier molecular flexibility index (Phi) is 4.81. The van der Waals surface area contributed by atoms with Crippen molar-refractivity contribution >= 4 is 29.7 Å². The number of aromatic nitrogens is 1. The first-order chi connectivity index (χ1) is 8.74. The predicted octanol–water partition coefficient (Wildman–Crippen LogP) is 1.94. The molecule has 2 aliphatic heterocycles. The molecule has 1 aromatic heterocycles. The summed E-state index contributed by atoms with van der Waals surface area (Å²) in [5, 5.41) is 4.43. The maximum absolute atomic E-state index is 12.4. The van der Waals surface area contributed by atoms with Crippen molar-refractivity contribution in [3.63, 3.8) is 0 Å². The third kappa shape index (κ3) is 3.09. The summed E-state index contributed by atoms with van der Waals surface area (Å²) in [6.45, 7) is 6.01. The SMILES string of the molecule is Cc1ncc(C(=O)N2CC[C@@H]3CNC[C@@H]3CC2)s1.Cl. The molecule has 3 rings (SSSR count). The van der Waals surface area contributed by atoms with Gasteiger partial charge in [-0.15, -0.1) is 23.7 Å². The number of hydrogen-bond donors (Lipinski definition) is 1. The Morgan fingerprint density at radius 2 is 2.00 bits per heavy atom. The van der Waals surface area contributed by atoms with Crippen LogP contribution in [0.5, 0.6) is 0 Å². The van der Waals surface area contributed by atoms with E-state index in [1.54, 1.807) is 6.20 Å². The van der Waals surface area contributed by atoms with Crippen LogP contribution in [0.1, 0.15) is 27.5 Å². The molecule has 0 aliphatic carbocycles. The standard InChI is InChI=1S/C13H19N3OS.ClH/c1-9-15-8-12(18-9)13(17)16-4-2-10-6-14-7-11(10)3-5-16;/h8,10-11,14H,2-7H2,1H3;1H/t10-,11+;. The lowest BCUT2D eigenvalue weighted by Gasteiger charge is -2.19. The number of carbonyl (C=O) groups excluding carboxylic acids is 1. The Balaban J connectivity index is 0.00000133. The van der Waals surface area contributed by atoms with Gasteiger partial charge >= 0.3 is 0 Å². The maximum atomic E-state index is 12.4. The molecule has 0 radical (unpaired) electrons. The van der Waals surface area contributed by atoms with Crippen LogP contribution in [0.25, 0.3) is 0 Å². The second kappa shape index (κ2) is 6.20. The monoisotopic (exact) mass is 301 g/mol. The van der Waals surface area contributed by atoms with Crippen molar-refractivity contribution in [2.45, 2.75) is 19.8 Å². The zero-order valence-corrected chi connectivity index (χ0v) is 12.7. The molecule has 0 unspecified atom stereocenters. The van der Waals surface area contributed by atoms with Crippen LogP contribution in [-0.2, 0) is 0 Å². The molecule has 1 aromatic rings. The zero-order chi connectivity index (χ0) is 12.5. The van der Waals surface area contributed by atoms with Crippen LogP contribution in [-0.4, -0.2) is 42.0 Å². The Hall–Kier alpha value is -0.650. The molecule has 0 spiro atoms. The van der Waals surface area contributed by atoms with Gasteiger partial charge in [0.1, 0.15) is 4.88 Å². The first kappa shape index (κ1) is 14.8. The highest BCUT2D eigenvalue weighted by Crippen LogP contribution is 2.28. The Morgan fingerprint density at radius 3 is 2.53 bits per heavy atom. The lowest BCUT2D eigenvalue weighted by atomic mass is 9.92. The first-order valence-electron chi connectivity index (χ1n) is 6.66. The minimum Gasteiger partial charge on any atom is -0.338 e. The number of hydrogen-bond acceptors (Lipinski definition) is 4. The Bertz CT molecular complexity index is 437. The van der Waals surface area contributed by atoms with Crippen molar-refractivity contribution in [2.24, 2.45) is 11.8 Å². The highest BCUT2D eigenvalue weighted by Gasteiger charge is 2.31. The van der Waals surface area contributed by atoms with Crippen molar-refractivity contribution in [3.05, 3.63) is 16.1 Å². The molecule has 3 heterocycles. The fourth-order valence-corrected chi connectivity index (χ4v) is 3.78. The van der Waals surface area contributed by atoms with Crippen LogP contribution >= 0.6 is 23.7 Å². The van der Waals surface area contributed by atoms with Crippen LogP contribution in [0.15, 0.2) is 6.20 Å². The summed E-state index contributed by atoms with van der Waals surface area (Å²) >= 11 is 1.50. The lowest BCUT2D eigenvalue weighted by molar-refractivity contribution is 0.0763. The molecule has 0 bridgehead atoms. The molecule has 4 nitrogen and oxygen atoms in total. The van der Waals surface area contributed by atoms with Crippen LogP contribution in [0.4, 0.5) is 0 Å². The van der Waals surface area contributed by atoms with Gasteiger partial charge in [0, 0.05) is 13.1 Å². The predicted molar refractivity (Wildman–Crippen MR) is 79.1 cm³/mol. The van der Waals surface area contributed by atoms with E-state index in [9.17, 15) is 4.79 Å². The van der Waals surface area contributed by atoms with Crippen molar-refractivity contribution < 1.29 is 4.79 Å². The number of thiazole rings is 1. The number of halogens is 1. The summed E-state index contributed by atoms with van der Waals surface area (Å²) in [5.41, 5.74) is 0. The minimum absolute atomic E-state index is 0. The van der Waals surface area contributed by atoms with Crippen LogP contribution in [0.2, 0.25) is 0 Å². The average molecular weight is 302 g/mol. The van der Waals surface area contributed by atoms with E-state index in [4.69, 9.17) is 0 Å². The third-order valence-corrected chi connectivity index (χ3v) is 5.04. The van der Waals surface area contributed by atoms with Crippen molar-refractivity contribution in [1.82, 2.24) is 15.2 Å².